The molecule has 47 heavy (non-hydrogen) atoms. The first-order valence-electron chi connectivity index (χ1n) is 16.2. The molecule has 3 N–H and O–H groups in total. The molecule has 0 bridgehead atoms. The molecule has 0 radical (unpaired) electrons. The highest BCUT2D eigenvalue weighted by atomic mass is 33.1. The van der Waals surface area contributed by atoms with E-state index in [1.54, 1.807) is 39.8 Å². The Balaban J connectivity index is 2.42. The minimum absolute atomic E-state index is 0.00214. The van der Waals surface area contributed by atoms with Gasteiger partial charge in [-0.2, -0.15) is 0 Å². The molecule has 1 aromatic rings. The maximum atomic E-state index is 12.7. The number of nitrogens with one attached hydrogen (secondary N) is 3. The molecule has 0 unspecified atom stereocenters. The predicted molar refractivity (Wildman–Crippen MR) is 191 cm³/mol. The van der Waals surface area contributed by atoms with Gasteiger partial charge in [0, 0.05) is 29.4 Å². The van der Waals surface area contributed by atoms with E-state index in [0.29, 0.717) is 64.0 Å². The fourth-order valence-corrected chi connectivity index (χ4v) is 5.64. The van der Waals surface area contributed by atoms with Gasteiger partial charge in [-0.3, -0.25) is 9.59 Å². The van der Waals surface area contributed by atoms with Gasteiger partial charge in [-0.15, -0.1) is 0 Å². The lowest BCUT2D eigenvalue weighted by molar-refractivity contribution is -0.126. The van der Waals surface area contributed by atoms with Gasteiger partial charge in [-0.05, 0) is 45.1 Å². The number of ether oxygens (including phenoxy) is 6. The summed E-state index contributed by atoms with van der Waals surface area (Å²) in [4.78, 5) is 24.0. The Bertz CT molecular complexity index is 1060. The maximum absolute atomic E-state index is 12.7. The molecule has 13 heteroatoms. The first-order chi connectivity index (χ1) is 22.4. The van der Waals surface area contributed by atoms with E-state index in [4.69, 9.17) is 28.4 Å². The quantitative estimate of drug-likeness (QED) is 0.0559. The number of amides is 2. The van der Waals surface area contributed by atoms with Gasteiger partial charge in [0.25, 0.3) is 5.91 Å². The minimum Gasteiger partial charge on any atom is -0.490 e. The Morgan fingerprint density at radius 1 is 0.851 bits per heavy atom. The smallest absolute Gasteiger partial charge is 0.251 e. The molecule has 0 aliphatic rings. The first kappa shape index (κ1) is 43.0. The molecule has 1 aromatic carbocycles. The monoisotopic (exact) mass is 699 g/mol. The first-order valence-corrected chi connectivity index (χ1v) is 18.3. The zero-order valence-corrected chi connectivity index (χ0v) is 31.0. The van der Waals surface area contributed by atoms with Gasteiger partial charge in [-0.25, -0.2) is 0 Å². The Hall–Kier alpha value is -2.02. The lowest BCUT2D eigenvalue weighted by Gasteiger charge is -2.31. The van der Waals surface area contributed by atoms with Crippen LogP contribution in [0, 0.1) is 17.8 Å². The average Bonchev–Trinajstić information content (AvgIpc) is 3.03. The fraction of sp³-hybridized carbons (Fsp3) is 0.706. The average molecular weight is 700 g/mol. The molecule has 0 saturated heterocycles. The van der Waals surface area contributed by atoms with Gasteiger partial charge in [0.15, 0.2) is 4.93 Å². The topological polar surface area (TPSA) is 126 Å². The molecule has 11 nitrogen and oxygen atoms in total. The van der Waals surface area contributed by atoms with Crippen LogP contribution in [0.1, 0.15) is 58.3 Å². The van der Waals surface area contributed by atoms with Crippen LogP contribution in [0.3, 0.4) is 0 Å². The molecular weight excluding hydrogens is 643 g/mol. The zero-order valence-electron chi connectivity index (χ0n) is 29.4. The van der Waals surface area contributed by atoms with Crippen molar-refractivity contribution in [2.24, 2.45) is 5.92 Å². The molecule has 0 aromatic heterocycles. The number of carbonyl (C=O) groups is 2. The summed E-state index contributed by atoms with van der Waals surface area (Å²) < 4.78 is 34.3. The van der Waals surface area contributed by atoms with Crippen LogP contribution in [0.5, 0.6) is 5.75 Å². The van der Waals surface area contributed by atoms with Gasteiger partial charge >= 0.3 is 0 Å². The summed E-state index contributed by atoms with van der Waals surface area (Å²) in [5.74, 6) is 6.30. The van der Waals surface area contributed by atoms with Crippen molar-refractivity contribution in [2.75, 3.05) is 92.8 Å². The fourth-order valence-electron chi connectivity index (χ4n) is 3.41. The van der Waals surface area contributed by atoms with E-state index < -0.39 is 4.93 Å². The molecule has 268 valence electrons. The minimum atomic E-state index is -0.714. The molecule has 0 aliphatic carbocycles. The Labute approximate surface area is 290 Å². The van der Waals surface area contributed by atoms with Crippen LogP contribution in [0.2, 0.25) is 0 Å². The number of rotatable bonds is 26. The van der Waals surface area contributed by atoms with Crippen LogP contribution in [-0.4, -0.2) is 114 Å². The van der Waals surface area contributed by atoms with Crippen molar-refractivity contribution in [1.29, 1.82) is 0 Å². The van der Waals surface area contributed by atoms with Crippen molar-refractivity contribution < 1.29 is 38.0 Å². The normalized spacial score (nSPS) is 12.7. The second-order valence-electron chi connectivity index (χ2n) is 11.9. The van der Waals surface area contributed by atoms with Crippen LogP contribution in [0.15, 0.2) is 24.3 Å². The van der Waals surface area contributed by atoms with E-state index in [2.05, 4.69) is 48.6 Å². The van der Waals surface area contributed by atoms with E-state index >= 15 is 0 Å². The molecule has 1 atom stereocenters. The summed E-state index contributed by atoms with van der Waals surface area (Å²) in [5, 5.41) is 8.66. The summed E-state index contributed by atoms with van der Waals surface area (Å²) in [5.41, 5.74) is 0.488. The van der Waals surface area contributed by atoms with E-state index in [-0.39, 0.29) is 48.9 Å². The zero-order chi connectivity index (χ0) is 34.8. The van der Waals surface area contributed by atoms with Gasteiger partial charge in [0.05, 0.1) is 52.8 Å². The SMILES string of the molecule is CNCCCOCCOCCOCCNC(=O)c1cccc(OC[C@@](C)(OCCOCC(=O)NCC#CC(C)C)SSC(C)(C)C)c1. The predicted octanol–water partition coefficient (Wildman–Crippen LogP) is 4.16. The molecule has 0 fully saturated rings. The van der Waals surface area contributed by atoms with Crippen LogP contribution in [-0.2, 0) is 28.5 Å². The summed E-state index contributed by atoms with van der Waals surface area (Å²) >= 11 is 0. The van der Waals surface area contributed by atoms with Crippen LogP contribution >= 0.6 is 21.6 Å². The third-order valence-electron chi connectivity index (χ3n) is 5.69. The van der Waals surface area contributed by atoms with Gasteiger partial charge in [-0.1, -0.05) is 74.1 Å². The van der Waals surface area contributed by atoms with Crippen molar-refractivity contribution in [2.45, 2.75) is 57.6 Å². The van der Waals surface area contributed by atoms with Gasteiger partial charge in [0.2, 0.25) is 5.91 Å². The largest absolute Gasteiger partial charge is 0.490 e. The molecule has 0 heterocycles. The van der Waals surface area contributed by atoms with E-state index in [0.717, 1.165) is 13.0 Å². The van der Waals surface area contributed by atoms with Crippen molar-refractivity contribution in [1.82, 2.24) is 16.0 Å². The Kier molecular flexibility index (Phi) is 23.7. The molecule has 2 amide bonds. The van der Waals surface area contributed by atoms with E-state index in [9.17, 15) is 9.59 Å². The molecule has 1 rings (SSSR count). The van der Waals surface area contributed by atoms with Crippen molar-refractivity contribution in [3.05, 3.63) is 29.8 Å². The van der Waals surface area contributed by atoms with Crippen LogP contribution in [0.4, 0.5) is 0 Å². The van der Waals surface area contributed by atoms with Gasteiger partial charge < -0.3 is 44.4 Å². The highest BCUT2D eigenvalue weighted by molar-refractivity contribution is 8.77. The molecular formula is C34H57N3O8S2. The Morgan fingerprint density at radius 2 is 1.53 bits per heavy atom. The second-order valence-corrected chi connectivity index (χ2v) is 15.4. The van der Waals surface area contributed by atoms with Crippen molar-refractivity contribution >= 4 is 33.4 Å². The summed E-state index contributed by atoms with van der Waals surface area (Å²) in [6, 6.07) is 7.04. The summed E-state index contributed by atoms with van der Waals surface area (Å²) in [7, 11) is 5.19. The lowest BCUT2D eigenvalue weighted by Crippen LogP contribution is -2.34. The number of carbonyl (C=O) groups excluding carboxylic acids is 2. The second kappa shape index (κ2) is 25.9. The van der Waals surface area contributed by atoms with E-state index in [1.165, 1.54) is 0 Å². The number of hydrogen-bond donors (Lipinski definition) is 3. The highest BCUT2D eigenvalue weighted by Crippen LogP contribution is 2.44. The van der Waals surface area contributed by atoms with Crippen LogP contribution in [0.25, 0.3) is 0 Å². The van der Waals surface area contributed by atoms with Crippen LogP contribution < -0.4 is 20.7 Å². The van der Waals surface area contributed by atoms with Crippen molar-refractivity contribution in [3.63, 3.8) is 0 Å². The summed E-state index contributed by atoms with van der Waals surface area (Å²) in [6.45, 7) is 17.8. The van der Waals surface area contributed by atoms with E-state index in [1.807, 2.05) is 33.9 Å². The van der Waals surface area contributed by atoms with Crippen molar-refractivity contribution in [3.8, 4) is 17.6 Å². The third kappa shape index (κ3) is 24.7. The standard InChI is InChI=1S/C34H57N3O8S2/c1-28(2)11-9-15-36-31(38)26-43-23-24-45-34(6,47-46-33(3,4)5)27-44-30-13-8-12-29(25-30)32(39)37-16-18-41-20-22-42-21-19-40-17-10-14-35-7/h8,12-13,25,28,35H,10,14-24,26-27H2,1-7H3,(H,36,38)(H,37,39)/t34-/m0/s1. The molecule has 0 aliphatic heterocycles. The molecule has 0 saturated carbocycles. The lowest BCUT2D eigenvalue weighted by atomic mass is 10.2. The third-order valence-corrected chi connectivity index (χ3v) is 9.67. The maximum Gasteiger partial charge on any atom is 0.251 e. The van der Waals surface area contributed by atoms with Gasteiger partial charge in [0.1, 0.15) is 19.0 Å². The number of hydrogen-bond acceptors (Lipinski definition) is 11. The molecule has 0 spiro atoms. The number of benzene rings is 1. The summed E-state index contributed by atoms with van der Waals surface area (Å²) in [6.07, 6.45) is 0.976. The highest BCUT2D eigenvalue weighted by Gasteiger charge is 2.30. The Morgan fingerprint density at radius 3 is 2.21 bits per heavy atom.